The monoisotopic (exact) mass is 278 g/mol. The lowest BCUT2D eigenvalue weighted by molar-refractivity contribution is 0.424. The van der Waals surface area contributed by atoms with Crippen molar-refractivity contribution < 1.29 is 4.39 Å². The maximum Gasteiger partial charge on any atom is 0.146 e. The molecule has 1 aliphatic rings. The molecule has 0 radical (unpaired) electrons. The highest BCUT2D eigenvalue weighted by Crippen LogP contribution is 2.28. The predicted molar refractivity (Wildman–Crippen MR) is 83.7 cm³/mol. The SMILES string of the molecule is CCCNCc1ccc(F)c(N(C)C2CCCCC2)c1. The molecule has 0 atom stereocenters. The molecule has 0 spiro atoms. The molecule has 112 valence electrons. The highest BCUT2D eigenvalue weighted by Gasteiger charge is 2.20. The van der Waals surface area contributed by atoms with Gasteiger partial charge in [0.1, 0.15) is 5.82 Å². The summed E-state index contributed by atoms with van der Waals surface area (Å²) in [4.78, 5) is 2.15. The summed E-state index contributed by atoms with van der Waals surface area (Å²) in [5.74, 6) is -0.0997. The first-order valence-corrected chi connectivity index (χ1v) is 7.94. The van der Waals surface area contributed by atoms with Crippen molar-refractivity contribution in [3.05, 3.63) is 29.6 Å². The Kier molecular flexibility index (Phi) is 5.84. The van der Waals surface area contributed by atoms with Gasteiger partial charge in [-0.2, -0.15) is 0 Å². The van der Waals surface area contributed by atoms with Crippen molar-refractivity contribution in [3.63, 3.8) is 0 Å². The Balaban J connectivity index is 2.06. The lowest BCUT2D eigenvalue weighted by Crippen LogP contribution is -2.34. The van der Waals surface area contributed by atoms with E-state index in [0.29, 0.717) is 6.04 Å². The average Bonchev–Trinajstić information content (AvgIpc) is 2.49. The van der Waals surface area contributed by atoms with Crippen LogP contribution in [-0.2, 0) is 6.54 Å². The molecule has 1 N–H and O–H groups in total. The second-order valence-electron chi connectivity index (χ2n) is 5.87. The molecule has 1 saturated carbocycles. The quantitative estimate of drug-likeness (QED) is 0.788. The van der Waals surface area contributed by atoms with Gasteiger partial charge in [-0.25, -0.2) is 4.39 Å². The summed E-state index contributed by atoms with van der Waals surface area (Å²) >= 11 is 0. The predicted octanol–water partition coefficient (Wildman–Crippen LogP) is 4.09. The molecule has 1 aromatic rings. The van der Waals surface area contributed by atoms with Crippen molar-refractivity contribution in [1.82, 2.24) is 5.32 Å². The van der Waals surface area contributed by atoms with E-state index in [9.17, 15) is 4.39 Å². The molecule has 0 heterocycles. The molecule has 0 aromatic heterocycles. The first-order chi connectivity index (χ1) is 9.72. The number of benzene rings is 1. The number of halogens is 1. The van der Waals surface area contributed by atoms with Crippen molar-refractivity contribution in [2.75, 3.05) is 18.5 Å². The van der Waals surface area contributed by atoms with E-state index in [-0.39, 0.29) is 5.82 Å². The molecule has 2 rings (SSSR count). The minimum absolute atomic E-state index is 0.0997. The molecule has 0 bridgehead atoms. The van der Waals surface area contributed by atoms with E-state index in [0.717, 1.165) is 30.8 Å². The number of rotatable bonds is 6. The van der Waals surface area contributed by atoms with Crippen molar-refractivity contribution in [1.29, 1.82) is 0 Å². The molecule has 2 nitrogen and oxygen atoms in total. The molecule has 3 heteroatoms. The Morgan fingerprint density at radius 3 is 2.70 bits per heavy atom. The highest BCUT2D eigenvalue weighted by molar-refractivity contribution is 5.50. The lowest BCUT2D eigenvalue weighted by atomic mass is 9.94. The summed E-state index contributed by atoms with van der Waals surface area (Å²) in [7, 11) is 2.04. The smallest absolute Gasteiger partial charge is 0.146 e. The van der Waals surface area contributed by atoms with Gasteiger partial charge >= 0.3 is 0 Å². The van der Waals surface area contributed by atoms with E-state index in [2.05, 4.69) is 17.1 Å². The van der Waals surface area contributed by atoms with Crippen LogP contribution < -0.4 is 10.2 Å². The lowest BCUT2D eigenvalue weighted by Gasteiger charge is -2.33. The molecule has 1 aliphatic carbocycles. The summed E-state index contributed by atoms with van der Waals surface area (Å²) in [6, 6.07) is 6.00. The van der Waals surface area contributed by atoms with Gasteiger partial charge in [-0.1, -0.05) is 32.3 Å². The Hall–Kier alpha value is -1.09. The number of hydrogen-bond acceptors (Lipinski definition) is 2. The number of nitrogens with zero attached hydrogens (tertiary/aromatic N) is 1. The average molecular weight is 278 g/mol. The standard InChI is InChI=1S/C17H27FN2/c1-3-11-19-13-14-9-10-16(18)17(12-14)20(2)15-7-5-4-6-8-15/h9-10,12,15,19H,3-8,11,13H2,1-2H3. The van der Waals surface area contributed by atoms with Crippen molar-refractivity contribution in [2.24, 2.45) is 0 Å². The molecular formula is C17H27FN2. The van der Waals surface area contributed by atoms with Crippen LogP contribution in [0, 0.1) is 5.82 Å². The van der Waals surface area contributed by atoms with Gasteiger partial charge in [-0.3, -0.25) is 0 Å². The van der Waals surface area contributed by atoms with Crippen LogP contribution in [0.3, 0.4) is 0 Å². The molecule has 0 saturated heterocycles. The van der Waals surface area contributed by atoms with Gasteiger partial charge in [-0.15, -0.1) is 0 Å². The van der Waals surface area contributed by atoms with Crippen molar-refractivity contribution >= 4 is 5.69 Å². The van der Waals surface area contributed by atoms with E-state index in [4.69, 9.17) is 0 Å². The molecule has 0 unspecified atom stereocenters. The maximum absolute atomic E-state index is 14.1. The minimum atomic E-state index is -0.0997. The Labute approximate surface area is 122 Å². The largest absolute Gasteiger partial charge is 0.369 e. The fourth-order valence-electron chi connectivity index (χ4n) is 3.01. The molecular weight excluding hydrogens is 251 g/mol. The summed E-state index contributed by atoms with van der Waals surface area (Å²) in [5, 5.41) is 3.38. The Bertz CT molecular complexity index is 413. The zero-order valence-electron chi connectivity index (χ0n) is 12.8. The normalized spacial score (nSPS) is 16.4. The van der Waals surface area contributed by atoms with E-state index in [1.807, 2.05) is 19.2 Å². The third kappa shape index (κ3) is 3.95. The Morgan fingerprint density at radius 2 is 2.00 bits per heavy atom. The van der Waals surface area contributed by atoms with Gasteiger partial charge in [-0.05, 0) is 43.5 Å². The van der Waals surface area contributed by atoms with Crippen LogP contribution in [0.1, 0.15) is 51.0 Å². The minimum Gasteiger partial charge on any atom is -0.369 e. The molecule has 1 fully saturated rings. The molecule has 1 aromatic carbocycles. The Morgan fingerprint density at radius 1 is 1.25 bits per heavy atom. The van der Waals surface area contributed by atoms with E-state index in [1.165, 1.54) is 32.1 Å². The van der Waals surface area contributed by atoms with Gasteiger partial charge in [0.2, 0.25) is 0 Å². The van der Waals surface area contributed by atoms with E-state index >= 15 is 0 Å². The van der Waals surface area contributed by atoms with Crippen LogP contribution >= 0.6 is 0 Å². The topological polar surface area (TPSA) is 15.3 Å². The fraction of sp³-hybridized carbons (Fsp3) is 0.647. The second-order valence-corrected chi connectivity index (χ2v) is 5.87. The summed E-state index contributed by atoms with van der Waals surface area (Å²) in [6.45, 7) is 3.98. The van der Waals surface area contributed by atoms with Gasteiger partial charge in [0, 0.05) is 19.6 Å². The maximum atomic E-state index is 14.1. The number of anilines is 1. The van der Waals surface area contributed by atoms with E-state index in [1.54, 1.807) is 6.07 Å². The summed E-state index contributed by atoms with van der Waals surface area (Å²) in [6.07, 6.45) is 7.37. The number of nitrogens with one attached hydrogen (secondary N) is 1. The fourth-order valence-corrected chi connectivity index (χ4v) is 3.01. The molecule has 0 amide bonds. The second kappa shape index (κ2) is 7.63. The third-order valence-electron chi connectivity index (χ3n) is 4.27. The first kappa shape index (κ1) is 15.3. The summed E-state index contributed by atoms with van der Waals surface area (Å²) in [5.41, 5.74) is 1.92. The third-order valence-corrected chi connectivity index (χ3v) is 4.27. The van der Waals surface area contributed by atoms with Crippen LogP contribution in [0.5, 0.6) is 0 Å². The number of hydrogen-bond donors (Lipinski definition) is 1. The van der Waals surface area contributed by atoms with Crippen LogP contribution in [0.15, 0.2) is 18.2 Å². The van der Waals surface area contributed by atoms with Crippen molar-refractivity contribution in [3.8, 4) is 0 Å². The van der Waals surface area contributed by atoms with Gasteiger partial charge in [0.15, 0.2) is 0 Å². The van der Waals surface area contributed by atoms with Crippen LogP contribution in [0.2, 0.25) is 0 Å². The highest BCUT2D eigenvalue weighted by atomic mass is 19.1. The summed E-state index contributed by atoms with van der Waals surface area (Å²) < 4.78 is 14.1. The van der Waals surface area contributed by atoms with Crippen LogP contribution in [-0.4, -0.2) is 19.6 Å². The van der Waals surface area contributed by atoms with Crippen LogP contribution in [0.25, 0.3) is 0 Å². The molecule has 20 heavy (non-hydrogen) atoms. The van der Waals surface area contributed by atoms with Crippen molar-refractivity contribution in [2.45, 2.75) is 58.0 Å². The van der Waals surface area contributed by atoms with Gasteiger partial charge in [0.05, 0.1) is 5.69 Å². The zero-order chi connectivity index (χ0) is 14.4. The van der Waals surface area contributed by atoms with E-state index < -0.39 is 0 Å². The zero-order valence-corrected chi connectivity index (χ0v) is 12.8. The van der Waals surface area contributed by atoms with Gasteiger partial charge < -0.3 is 10.2 Å². The molecule has 0 aliphatic heterocycles. The van der Waals surface area contributed by atoms with Crippen LogP contribution in [0.4, 0.5) is 10.1 Å². The first-order valence-electron chi connectivity index (χ1n) is 7.94. The van der Waals surface area contributed by atoms with Gasteiger partial charge in [0.25, 0.3) is 0 Å².